The summed E-state index contributed by atoms with van der Waals surface area (Å²) in [6, 6.07) is 16.7. The molecule has 0 spiro atoms. The lowest BCUT2D eigenvalue weighted by atomic mass is 9.88. The van der Waals surface area contributed by atoms with Gasteiger partial charge in [-0.05, 0) is 54.7 Å². The van der Waals surface area contributed by atoms with Crippen LogP contribution in [0.4, 0.5) is 0 Å². The van der Waals surface area contributed by atoms with Crippen LogP contribution < -0.4 is 5.32 Å². The van der Waals surface area contributed by atoms with E-state index in [-0.39, 0.29) is 11.9 Å². The smallest absolute Gasteiger partial charge is 0.230 e. The monoisotopic (exact) mass is 375 g/mol. The molecule has 114 valence electrons. The average molecular weight is 376 g/mol. The van der Waals surface area contributed by atoms with Gasteiger partial charge >= 0.3 is 0 Å². The van der Waals surface area contributed by atoms with E-state index in [1.807, 2.05) is 24.3 Å². The standard InChI is InChI=1S/C18H18BrNOS/c19-14-8-10-15(11-9-14)22-12-18(21)20-17-7-3-5-13-4-1-2-6-16(13)17/h1-2,4,6,8-11,17H,3,5,7,12H2,(H,20,21). The number of halogens is 1. The van der Waals surface area contributed by atoms with Gasteiger partial charge in [-0.1, -0.05) is 40.2 Å². The molecule has 2 aromatic rings. The van der Waals surface area contributed by atoms with Crippen LogP contribution in [0.25, 0.3) is 0 Å². The van der Waals surface area contributed by atoms with Crippen LogP contribution in [0.1, 0.15) is 30.0 Å². The van der Waals surface area contributed by atoms with E-state index < -0.39 is 0 Å². The maximum Gasteiger partial charge on any atom is 0.230 e. The number of amides is 1. The second-order valence-corrected chi connectivity index (χ2v) is 7.42. The minimum absolute atomic E-state index is 0.106. The summed E-state index contributed by atoms with van der Waals surface area (Å²) in [5, 5.41) is 3.19. The predicted molar refractivity (Wildman–Crippen MR) is 95.1 cm³/mol. The molecule has 2 aromatic carbocycles. The number of thioether (sulfide) groups is 1. The van der Waals surface area contributed by atoms with Gasteiger partial charge in [0.25, 0.3) is 0 Å². The van der Waals surface area contributed by atoms with Gasteiger partial charge in [-0.25, -0.2) is 0 Å². The summed E-state index contributed by atoms with van der Waals surface area (Å²) in [6.45, 7) is 0. The Morgan fingerprint density at radius 2 is 1.95 bits per heavy atom. The molecule has 1 aliphatic carbocycles. The van der Waals surface area contributed by atoms with Gasteiger partial charge in [-0.3, -0.25) is 4.79 Å². The summed E-state index contributed by atoms with van der Waals surface area (Å²) in [4.78, 5) is 13.3. The van der Waals surface area contributed by atoms with E-state index in [0.717, 1.165) is 28.6 Å². The van der Waals surface area contributed by atoms with E-state index in [4.69, 9.17) is 0 Å². The van der Waals surface area contributed by atoms with Crippen LogP contribution in [0.3, 0.4) is 0 Å². The topological polar surface area (TPSA) is 29.1 Å². The van der Waals surface area contributed by atoms with Gasteiger partial charge in [0.2, 0.25) is 5.91 Å². The summed E-state index contributed by atoms with van der Waals surface area (Å²) in [6.07, 6.45) is 3.30. The molecule has 2 nitrogen and oxygen atoms in total. The number of nitrogens with one attached hydrogen (secondary N) is 1. The molecule has 1 aliphatic rings. The normalized spacial score (nSPS) is 16.9. The molecule has 22 heavy (non-hydrogen) atoms. The SMILES string of the molecule is O=C(CSc1ccc(Br)cc1)NC1CCCc2ccccc21. The Morgan fingerprint density at radius 1 is 1.18 bits per heavy atom. The molecule has 0 heterocycles. The molecule has 0 aromatic heterocycles. The zero-order valence-corrected chi connectivity index (χ0v) is 14.6. The molecule has 0 fully saturated rings. The molecule has 1 atom stereocenters. The Hall–Kier alpha value is -1.26. The molecular formula is C18H18BrNOS. The van der Waals surface area contributed by atoms with Crippen LogP contribution in [-0.2, 0) is 11.2 Å². The molecule has 0 bridgehead atoms. The van der Waals surface area contributed by atoms with Gasteiger partial charge in [-0.2, -0.15) is 0 Å². The Labute approximate surface area is 143 Å². The molecule has 4 heteroatoms. The largest absolute Gasteiger partial charge is 0.349 e. The predicted octanol–water partition coefficient (Wildman–Crippen LogP) is 4.74. The van der Waals surface area contributed by atoms with Crippen molar-refractivity contribution in [1.29, 1.82) is 0 Å². The zero-order valence-electron chi connectivity index (χ0n) is 12.2. The van der Waals surface area contributed by atoms with Crippen LogP contribution in [0, 0.1) is 0 Å². The highest BCUT2D eigenvalue weighted by Crippen LogP contribution is 2.29. The average Bonchev–Trinajstić information content (AvgIpc) is 2.55. The molecule has 0 radical (unpaired) electrons. The Balaban J connectivity index is 1.57. The Morgan fingerprint density at radius 3 is 2.77 bits per heavy atom. The van der Waals surface area contributed by atoms with Gasteiger partial charge in [0.05, 0.1) is 11.8 Å². The van der Waals surface area contributed by atoms with E-state index in [1.165, 1.54) is 11.1 Å². The number of benzene rings is 2. The van der Waals surface area contributed by atoms with Gasteiger partial charge in [-0.15, -0.1) is 11.8 Å². The van der Waals surface area contributed by atoms with Crippen molar-refractivity contribution in [2.75, 3.05) is 5.75 Å². The number of fused-ring (bicyclic) bond motifs is 1. The number of carbonyl (C=O) groups excluding carboxylic acids is 1. The lowest BCUT2D eigenvalue weighted by Gasteiger charge is -2.26. The van der Waals surface area contributed by atoms with Crippen LogP contribution >= 0.6 is 27.7 Å². The van der Waals surface area contributed by atoms with E-state index in [9.17, 15) is 4.79 Å². The van der Waals surface area contributed by atoms with Gasteiger partial charge in [0.1, 0.15) is 0 Å². The highest BCUT2D eigenvalue weighted by Gasteiger charge is 2.21. The first-order valence-electron chi connectivity index (χ1n) is 7.48. The van der Waals surface area contributed by atoms with Crippen molar-refractivity contribution in [1.82, 2.24) is 5.32 Å². The fourth-order valence-corrected chi connectivity index (χ4v) is 3.79. The van der Waals surface area contributed by atoms with Crippen LogP contribution in [0.15, 0.2) is 57.9 Å². The number of hydrogen-bond donors (Lipinski definition) is 1. The molecule has 0 aliphatic heterocycles. The number of carbonyl (C=O) groups is 1. The van der Waals surface area contributed by atoms with Crippen LogP contribution in [0.5, 0.6) is 0 Å². The zero-order chi connectivity index (χ0) is 15.4. The van der Waals surface area contributed by atoms with E-state index in [2.05, 4.69) is 45.5 Å². The quantitative estimate of drug-likeness (QED) is 0.782. The summed E-state index contributed by atoms with van der Waals surface area (Å²) in [5.74, 6) is 0.565. The Bertz CT molecular complexity index is 656. The minimum atomic E-state index is 0.106. The third-order valence-corrected chi connectivity index (χ3v) is 5.43. The van der Waals surface area contributed by atoms with Gasteiger partial charge in [0, 0.05) is 9.37 Å². The fraction of sp³-hybridized carbons (Fsp3) is 0.278. The summed E-state index contributed by atoms with van der Waals surface area (Å²) < 4.78 is 1.06. The molecule has 1 N–H and O–H groups in total. The second kappa shape index (κ2) is 7.34. The number of hydrogen-bond acceptors (Lipinski definition) is 2. The second-order valence-electron chi connectivity index (χ2n) is 5.45. The third kappa shape index (κ3) is 3.93. The number of aryl methyl sites for hydroxylation is 1. The fourth-order valence-electron chi connectivity index (χ4n) is 2.82. The summed E-state index contributed by atoms with van der Waals surface area (Å²) in [7, 11) is 0. The third-order valence-electron chi connectivity index (χ3n) is 3.89. The lowest BCUT2D eigenvalue weighted by molar-refractivity contribution is -0.119. The molecule has 3 rings (SSSR count). The highest BCUT2D eigenvalue weighted by molar-refractivity contribution is 9.10. The highest BCUT2D eigenvalue weighted by atomic mass is 79.9. The van der Waals surface area contributed by atoms with Crippen molar-refractivity contribution in [3.05, 3.63) is 64.1 Å². The number of rotatable bonds is 4. The van der Waals surface area contributed by atoms with Crippen molar-refractivity contribution in [2.45, 2.75) is 30.2 Å². The van der Waals surface area contributed by atoms with Gasteiger partial charge < -0.3 is 5.32 Å². The summed E-state index contributed by atoms with van der Waals surface area (Å²) >= 11 is 4.99. The molecule has 1 amide bonds. The minimum Gasteiger partial charge on any atom is -0.349 e. The maximum absolute atomic E-state index is 12.2. The molecule has 0 saturated heterocycles. The maximum atomic E-state index is 12.2. The van der Waals surface area contributed by atoms with Crippen molar-refractivity contribution < 1.29 is 4.79 Å². The van der Waals surface area contributed by atoms with Crippen molar-refractivity contribution >= 4 is 33.6 Å². The van der Waals surface area contributed by atoms with Crippen molar-refractivity contribution in [3.8, 4) is 0 Å². The lowest BCUT2D eigenvalue weighted by Crippen LogP contribution is -2.32. The van der Waals surface area contributed by atoms with Crippen molar-refractivity contribution in [3.63, 3.8) is 0 Å². The molecule has 1 unspecified atom stereocenters. The first kappa shape index (κ1) is 15.6. The van der Waals surface area contributed by atoms with Gasteiger partial charge in [0.15, 0.2) is 0 Å². The summed E-state index contributed by atoms with van der Waals surface area (Å²) in [5.41, 5.74) is 2.66. The molecular weight excluding hydrogens is 358 g/mol. The van der Waals surface area contributed by atoms with E-state index >= 15 is 0 Å². The van der Waals surface area contributed by atoms with Crippen LogP contribution in [0.2, 0.25) is 0 Å². The van der Waals surface area contributed by atoms with Crippen molar-refractivity contribution in [2.24, 2.45) is 0 Å². The van der Waals surface area contributed by atoms with E-state index in [0.29, 0.717) is 5.75 Å². The van der Waals surface area contributed by atoms with E-state index in [1.54, 1.807) is 11.8 Å². The van der Waals surface area contributed by atoms with Crippen LogP contribution in [-0.4, -0.2) is 11.7 Å². The molecule has 0 saturated carbocycles. The first-order valence-corrected chi connectivity index (χ1v) is 9.26. The Kier molecular flexibility index (Phi) is 5.21. The first-order chi connectivity index (χ1) is 10.7.